The molecule has 0 aliphatic heterocycles. The maximum absolute atomic E-state index is 12.4. The van der Waals surface area contributed by atoms with Crippen molar-refractivity contribution in [3.05, 3.63) is 28.8 Å². The maximum atomic E-state index is 12.4. The Balaban J connectivity index is 3.19. The highest BCUT2D eigenvalue weighted by Crippen LogP contribution is 2.26. The van der Waals surface area contributed by atoms with E-state index in [0.717, 1.165) is 0 Å². The average molecular weight is 308 g/mol. The summed E-state index contributed by atoms with van der Waals surface area (Å²) in [5.41, 5.74) is 0.496. The number of likely N-dealkylation sites (N-methyl/N-ethyl adjacent to an activating group) is 1. The lowest BCUT2D eigenvalue weighted by Crippen LogP contribution is -2.37. The molecule has 1 atom stereocenters. The van der Waals surface area contributed by atoms with Crippen molar-refractivity contribution in [1.29, 1.82) is 0 Å². The second-order valence-corrected chi connectivity index (χ2v) is 6.62. The van der Waals surface area contributed by atoms with E-state index in [-0.39, 0.29) is 29.2 Å². The highest BCUT2D eigenvalue weighted by Gasteiger charge is 2.27. The van der Waals surface area contributed by atoms with Gasteiger partial charge in [-0.25, -0.2) is 8.42 Å². The van der Waals surface area contributed by atoms with Gasteiger partial charge in [0.05, 0.1) is 18.2 Å². The normalized spacial score (nSPS) is 13.8. The van der Waals surface area contributed by atoms with Crippen LogP contribution in [-0.2, 0) is 21.4 Å². The van der Waals surface area contributed by atoms with E-state index in [1.54, 1.807) is 13.0 Å². The van der Waals surface area contributed by atoms with Crippen LogP contribution in [0.25, 0.3) is 0 Å². The fourth-order valence-corrected chi connectivity index (χ4v) is 3.45. The van der Waals surface area contributed by atoms with E-state index in [1.807, 2.05) is 0 Å². The molecule has 108 valence electrons. The molecule has 1 N–H and O–H groups in total. The number of ether oxygens (including phenoxy) is 1. The zero-order valence-corrected chi connectivity index (χ0v) is 12.7. The molecule has 5 nitrogen and oxygen atoms in total. The predicted octanol–water partition coefficient (Wildman–Crippen LogP) is 1.49. The molecule has 7 heteroatoms. The van der Waals surface area contributed by atoms with E-state index in [4.69, 9.17) is 21.4 Å². The lowest BCUT2D eigenvalue weighted by atomic mass is 10.2. The summed E-state index contributed by atoms with van der Waals surface area (Å²) in [4.78, 5) is -0.00818. The van der Waals surface area contributed by atoms with Gasteiger partial charge in [0, 0.05) is 20.2 Å². The molecule has 0 aliphatic carbocycles. The van der Waals surface area contributed by atoms with Crippen molar-refractivity contribution in [1.82, 2.24) is 4.31 Å². The number of nitrogens with zero attached hydrogens (tertiary/aromatic N) is 1. The molecule has 0 fully saturated rings. The lowest BCUT2D eigenvalue weighted by Gasteiger charge is -2.24. The van der Waals surface area contributed by atoms with Crippen molar-refractivity contribution in [2.24, 2.45) is 0 Å². The van der Waals surface area contributed by atoms with Crippen LogP contribution >= 0.6 is 11.6 Å². The smallest absolute Gasteiger partial charge is 0.244 e. The molecule has 1 aromatic rings. The third-order valence-electron chi connectivity index (χ3n) is 2.86. The van der Waals surface area contributed by atoms with Crippen LogP contribution in [0.2, 0.25) is 5.02 Å². The van der Waals surface area contributed by atoms with E-state index in [9.17, 15) is 8.42 Å². The van der Waals surface area contributed by atoms with Gasteiger partial charge in [0.15, 0.2) is 0 Å². The second-order valence-electron chi connectivity index (χ2n) is 4.25. The minimum Gasteiger partial charge on any atom is -0.392 e. The van der Waals surface area contributed by atoms with Gasteiger partial charge in [0.1, 0.15) is 4.90 Å². The van der Waals surface area contributed by atoms with Gasteiger partial charge in [-0.3, -0.25) is 0 Å². The Bertz CT molecular complexity index is 533. The van der Waals surface area contributed by atoms with Crippen LogP contribution in [-0.4, -0.2) is 44.6 Å². The summed E-state index contributed by atoms with van der Waals surface area (Å²) in [5.74, 6) is 0. The molecular weight excluding hydrogens is 290 g/mol. The van der Waals surface area contributed by atoms with Crippen molar-refractivity contribution in [3.8, 4) is 0 Å². The number of hydrogen-bond acceptors (Lipinski definition) is 4. The molecule has 0 spiro atoms. The Labute approximate surface area is 118 Å². The number of rotatable bonds is 6. The summed E-state index contributed by atoms with van der Waals surface area (Å²) in [7, 11) is -0.730. The minimum atomic E-state index is -3.71. The number of sulfonamides is 1. The SMILES string of the molecule is COCC(C)N(C)S(=O)(=O)c1cc(CO)ccc1Cl. The highest BCUT2D eigenvalue weighted by atomic mass is 35.5. The zero-order chi connectivity index (χ0) is 14.6. The summed E-state index contributed by atoms with van der Waals surface area (Å²) in [6.45, 7) is 1.79. The van der Waals surface area contributed by atoms with E-state index in [1.165, 1.54) is 30.6 Å². The van der Waals surface area contributed by atoms with Crippen molar-refractivity contribution >= 4 is 21.6 Å². The first-order chi connectivity index (χ1) is 8.84. The molecule has 1 aromatic carbocycles. The van der Waals surface area contributed by atoms with Gasteiger partial charge in [-0.05, 0) is 24.6 Å². The van der Waals surface area contributed by atoms with Crippen LogP contribution in [0.15, 0.2) is 23.1 Å². The second kappa shape index (κ2) is 6.67. The molecule has 0 bridgehead atoms. The van der Waals surface area contributed by atoms with Crippen molar-refractivity contribution in [3.63, 3.8) is 0 Å². The van der Waals surface area contributed by atoms with Gasteiger partial charge >= 0.3 is 0 Å². The fourth-order valence-electron chi connectivity index (χ4n) is 1.58. The van der Waals surface area contributed by atoms with E-state index in [2.05, 4.69) is 0 Å². The van der Waals surface area contributed by atoms with Crippen molar-refractivity contribution in [2.75, 3.05) is 20.8 Å². The lowest BCUT2D eigenvalue weighted by molar-refractivity contribution is 0.149. The first kappa shape index (κ1) is 16.4. The van der Waals surface area contributed by atoms with E-state index in [0.29, 0.717) is 5.56 Å². The summed E-state index contributed by atoms with van der Waals surface area (Å²) >= 11 is 5.94. The topological polar surface area (TPSA) is 66.8 Å². The van der Waals surface area contributed by atoms with Crippen LogP contribution in [0.1, 0.15) is 12.5 Å². The number of aliphatic hydroxyl groups excluding tert-OH is 1. The van der Waals surface area contributed by atoms with Crippen LogP contribution in [0.3, 0.4) is 0 Å². The van der Waals surface area contributed by atoms with Gasteiger partial charge in [-0.1, -0.05) is 17.7 Å². The number of hydrogen-bond donors (Lipinski definition) is 1. The first-order valence-electron chi connectivity index (χ1n) is 5.70. The Morgan fingerprint density at radius 3 is 2.63 bits per heavy atom. The number of aliphatic hydroxyl groups is 1. The molecule has 0 saturated heterocycles. The standard InChI is InChI=1S/C12H18ClNO4S/c1-9(8-18-3)14(2)19(16,17)12-6-10(7-15)4-5-11(12)13/h4-6,9,15H,7-8H2,1-3H3. The quantitative estimate of drug-likeness (QED) is 0.864. The fraction of sp³-hybridized carbons (Fsp3) is 0.500. The molecule has 0 heterocycles. The molecule has 19 heavy (non-hydrogen) atoms. The number of benzene rings is 1. The third-order valence-corrected chi connectivity index (χ3v) is 5.32. The number of halogens is 1. The third kappa shape index (κ3) is 3.67. The average Bonchev–Trinajstić information content (AvgIpc) is 2.38. The molecule has 0 amide bonds. The Kier molecular flexibility index (Phi) is 5.76. The minimum absolute atomic E-state index is 0.00818. The molecule has 0 radical (unpaired) electrons. The van der Waals surface area contributed by atoms with Crippen LogP contribution in [0.5, 0.6) is 0 Å². The molecule has 0 aliphatic rings. The number of methoxy groups -OCH3 is 1. The molecule has 0 saturated carbocycles. The van der Waals surface area contributed by atoms with E-state index < -0.39 is 10.0 Å². The van der Waals surface area contributed by atoms with Gasteiger partial charge in [-0.2, -0.15) is 4.31 Å². The van der Waals surface area contributed by atoms with Crippen LogP contribution < -0.4 is 0 Å². The summed E-state index contributed by atoms with van der Waals surface area (Å²) in [5, 5.41) is 9.21. The van der Waals surface area contributed by atoms with Crippen LogP contribution in [0.4, 0.5) is 0 Å². The van der Waals surface area contributed by atoms with Crippen molar-refractivity contribution in [2.45, 2.75) is 24.5 Å². The van der Waals surface area contributed by atoms with Gasteiger partial charge in [0.25, 0.3) is 0 Å². The van der Waals surface area contributed by atoms with Crippen LogP contribution in [0, 0.1) is 0 Å². The summed E-state index contributed by atoms with van der Waals surface area (Å²) < 4.78 is 31.0. The maximum Gasteiger partial charge on any atom is 0.244 e. The first-order valence-corrected chi connectivity index (χ1v) is 7.52. The summed E-state index contributed by atoms with van der Waals surface area (Å²) in [6.07, 6.45) is 0. The van der Waals surface area contributed by atoms with E-state index >= 15 is 0 Å². The molecule has 0 aromatic heterocycles. The highest BCUT2D eigenvalue weighted by molar-refractivity contribution is 7.89. The zero-order valence-electron chi connectivity index (χ0n) is 11.1. The van der Waals surface area contributed by atoms with Gasteiger partial charge in [0.2, 0.25) is 10.0 Å². The van der Waals surface area contributed by atoms with Gasteiger partial charge < -0.3 is 9.84 Å². The van der Waals surface area contributed by atoms with Crippen molar-refractivity contribution < 1.29 is 18.3 Å². The molecule has 1 unspecified atom stereocenters. The Hall–Kier alpha value is -0.660. The predicted molar refractivity (Wildman–Crippen MR) is 73.7 cm³/mol. The Morgan fingerprint density at radius 1 is 1.47 bits per heavy atom. The largest absolute Gasteiger partial charge is 0.392 e. The van der Waals surface area contributed by atoms with Gasteiger partial charge in [-0.15, -0.1) is 0 Å². The molecule has 1 rings (SSSR count). The monoisotopic (exact) mass is 307 g/mol. The molecular formula is C12H18ClNO4S. The Morgan fingerprint density at radius 2 is 2.11 bits per heavy atom. The summed E-state index contributed by atoms with van der Waals surface area (Å²) in [6, 6.07) is 4.12.